The molecule has 0 aliphatic carbocycles. The summed E-state index contributed by atoms with van der Waals surface area (Å²) in [6.07, 6.45) is 2.74. The van der Waals surface area contributed by atoms with Crippen LogP contribution in [0.15, 0.2) is 49.1 Å². The number of hydrogen-bond donors (Lipinski definition) is 1. The second-order valence-electron chi connectivity index (χ2n) is 5.39. The smallest absolute Gasteiger partial charge is 0.149 e. The highest BCUT2D eigenvalue weighted by atomic mass is 19.1. The van der Waals surface area contributed by atoms with E-state index < -0.39 is 17.5 Å². The van der Waals surface area contributed by atoms with Gasteiger partial charge in [-0.25, -0.2) is 22.8 Å². The van der Waals surface area contributed by atoms with Gasteiger partial charge in [-0.3, -0.25) is 0 Å². The summed E-state index contributed by atoms with van der Waals surface area (Å²) < 4.78 is 42.2. The standard InChI is InChI=1S/C17H15F3N4/c1-11(14-4-3-13(18)7-15(14)19)22-8-12-2-5-17(16(20)6-12)24-10-21-9-23-24/h2-7,9-11,22H,8H2,1H3/t11-/m1/s1. The highest BCUT2D eigenvalue weighted by Gasteiger charge is 2.12. The Labute approximate surface area is 137 Å². The predicted molar refractivity (Wildman–Crippen MR) is 82.9 cm³/mol. The van der Waals surface area contributed by atoms with Crippen LogP contribution >= 0.6 is 0 Å². The maximum Gasteiger partial charge on any atom is 0.149 e. The molecule has 2 aromatic carbocycles. The molecule has 1 atom stereocenters. The molecule has 0 bridgehead atoms. The molecule has 0 unspecified atom stereocenters. The Morgan fingerprint density at radius 1 is 1.08 bits per heavy atom. The van der Waals surface area contributed by atoms with Crippen LogP contribution in [0.25, 0.3) is 5.69 Å². The molecule has 0 aliphatic rings. The van der Waals surface area contributed by atoms with Crippen LogP contribution in [0, 0.1) is 17.5 Å². The van der Waals surface area contributed by atoms with E-state index in [9.17, 15) is 13.2 Å². The van der Waals surface area contributed by atoms with Crippen LogP contribution in [0.4, 0.5) is 13.2 Å². The molecule has 0 saturated heterocycles. The second kappa shape index (κ2) is 6.84. The van der Waals surface area contributed by atoms with Gasteiger partial charge in [0.25, 0.3) is 0 Å². The number of aromatic nitrogens is 3. The molecule has 7 heteroatoms. The Balaban J connectivity index is 1.69. The number of halogens is 3. The Hall–Kier alpha value is -2.67. The molecule has 0 fully saturated rings. The molecule has 4 nitrogen and oxygen atoms in total. The summed E-state index contributed by atoms with van der Waals surface area (Å²) in [6, 6.07) is 7.85. The number of hydrogen-bond acceptors (Lipinski definition) is 3. The van der Waals surface area contributed by atoms with Crippen LogP contribution in [0.1, 0.15) is 24.1 Å². The summed E-state index contributed by atoms with van der Waals surface area (Å²) in [5.74, 6) is -1.66. The van der Waals surface area contributed by atoms with Crippen molar-refractivity contribution in [2.75, 3.05) is 0 Å². The first kappa shape index (κ1) is 16.2. The van der Waals surface area contributed by atoms with Gasteiger partial charge in [0.15, 0.2) is 0 Å². The molecule has 1 N–H and O–H groups in total. The molecule has 1 aromatic heterocycles. The van der Waals surface area contributed by atoms with Crippen LogP contribution < -0.4 is 5.32 Å². The van der Waals surface area contributed by atoms with Crippen molar-refractivity contribution in [3.63, 3.8) is 0 Å². The van der Waals surface area contributed by atoms with Gasteiger partial charge in [-0.05, 0) is 30.7 Å². The van der Waals surface area contributed by atoms with E-state index in [0.717, 1.165) is 6.07 Å². The van der Waals surface area contributed by atoms with Gasteiger partial charge in [0.2, 0.25) is 0 Å². The minimum atomic E-state index is -0.616. The first-order chi connectivity index (χ1) is 11.5. The van der Waals surface area contributed by atoms with Crippen molar-refractivity contribution in [1.29, 1.82) is 0 Å². The molecule has 0 radical (unpaired) electrons. The van der Waals surface area contributed by atoms with E-state index in [1.807, 2.05) is 0 Å². The average Bonchev–Trinajstić information content (AvgIpc) is 3.07. The Bertz CT molecular complexity index is 834. The number of rotatable bonds is 5. The molecular weight excluding hydrogens is 317 g/mol. The lowest BCUT2D eigenvalue weighted by Crippen LogP contribution is -2.19. The van der Waals surface area contributed by atoms with Crippen LogP contribution in [0.2, 0.25) is 0 Å². The third-order valence-electron chi connectivity index (χ3n) is 3.72. The zero-order valence-corrected chi connectivity index (χ0v) is 12.9. The van der Waals surface area contributed by atoms with E-state index in [2.05, 4.69) is 15.4 Å². The first-order valence-corrected chi connectivity index (χ1v) is 7.36. The van der Waals surface area contributed by atoms with Crippen molar-refractivity contribution in [2.45, 2.75) is 19.5 Å². The molecule has 0 amide bonds. The molecular formula is C17H15F3N4. The molecule has 0 aliphatic heterocycles. The zero-order valence-electron chi connectivity index (χ0n) is 12.9. The van der Waals surface area contributed by atoms with Gasteiger partial charge in [0, 0.05) is 24.2 Å². The van der Waals surface area contributed by atoms with E-state index in [1.54, 1.807) is 19.1 Å². The van der Waals surface area contributed by atoms with Gasteiger partial charge >= 0.3 is 0 Å². The molecule has 1 heterocycles. The molecule has 3 aromatic rings. The summed E-state index contributed by atoms with van der Waals surface area (Å²) in [7, 11) is 0. The summed E-state index contributed by atoms with van der Waals surface area (Å²) in [6.45, 7) is 2.10. The lowest BCUT2D eigenvalue weighted by molar-refractivity contribution is 0.516. The van der Waals surface area contributed by atoms with Crippen LogP contribution in [-0.2, 0) is 6.54 Å². The fraction of sp³-hybridized carbons (Fsp3) is 0.176. The highest BCUT2D eigenvalue weighted by molar-refractivity contribution is 5.35. The van der Waals surface area contributed by atoms with Gasteiger partial charge in [-0.2, -0.15) is 5.10 Å². The van der Waals surface area contributed by atoms with Gasteiger partial charge in [-0.1, -0.05) is 12.1 Å². The SMILES string of the molecule is C[C@@H](NCc1ccc(-n2cncn2)c(F)c1)c1ccc(F)cc1F. The Morgan fingerprint density at radius 3 is 2.58 bits per heavy atom. The lowest BCUT2D eigenvalue weighted by atomic mass is 10.1. The summed E-state index contributed by atoms with van der Waals surface area (Å²) in [4.78, 5) is 3.78. The quantitative estimate of drug-likeness (QED) is 0.777. The maximum atomic E-state index is 14.2. The largest absolute Gasteiger partial charge is 0.306 e. The monoisotopic (exact) mass is 332 g/mol. The minimum absolute atomic E-state index is 0.300. The first-order valence-electron chi connectivity index (χ1n) is 7.36. The molecule has 3 rings (SSSR count). The Kier molecular flexibility index (Phi) is 4.61. The van der Waals surface area contributed by atoms with Crippen molar-refractivity contribution in [3.8, 4) is 5.69 Å². The fourth-order valence-electron chi connectivity index (χ4n) is 2.41. The van der Waals surface area contributed by atoms with E-state index in [0.29, 0.717) is 23.4 Å². The molecule has 0 spiro atoms. The van der Waals surface area contributed by atoms with Crippen molar-refractivity contribution in [1.82, 2.24) is 20.1 Å². The normalized spacial score (nSPS) is 12.3. The third-order valence-corrected chi connectivity index (χ3v) is 3.72. The van der Waals surface area contributed by atoms with Gasteiger partial charge in [-0.15, -0.1) is 0 Å². The molecule has 24 heavy (non-hydrogen) atoms. The van der Waals surface area contributed by atoms with E-state index >= 15 is 0 Å². The number of nitrogens with one attached hydrogen (secondary N) is 1. The van der Waals surface area contributed by atoms with Crippen LogP contribution in [0.3, 0.4) is 0 Å². The molecule has 124 valence electrons. The van der Waals surface area contributed by atoms with Crippen molar-refractivity contribution in [3.05, 3.63) is 77.6 Å². The topological polar surface area (TPSA) is 42.7 Å². The van der Waals surface area contributed by atoms with Crippen molar-refractivity contribution < 1.29 is 13.2 Å². The minimum Gasteiger partial charge on any atom is -0.306 e. The number of nitrogens with zero attached hydrogens (tertiary/aromatic N) is 3. The Morgan fingerprint density at radius 2 is 1.92 bits per heavy atom. The zero-order chi connectivity index (χ0) is 17.1. The van der Waals surface area contributed by atoms with Crippen molar-refractivity contribution in [2.24, 2.45) is 0 Å². The fourth-order valence-corrected chi connectivity index (χ4v) is 2.41. The third kappa shape index (κ3) is 3.46. The van der Waals surface area contributed by atoms with E-state index in [-0.39, 0.29) is 6.04 Å². The lowest BCUT2D eigenvalue weighted by Gasteiger charge is -2.15. The average molecular weight is 332 g/mol. The van der Waals surface area contributed by atoms with E-state index in [1.165, 1.54) is 35.5 Å². The van der Waals surface area contributed by atoms with Gasteiger partial charge in [0.1, 0.15) is 35.8 Å². The number of benzene rings is 2. The van der Waals surface area contributed by atoms with E-state index in [4.69, 9.17) is 0 Å². The predicted octanol–water partition coefficient (Wildman–Crippen LogP) is 3.54. The highest BCUT2D eigenvalue weighted by Crippen LogP contribution is 2.19. The second-order valence-corrected chi connectivity index (χ2v) is 5.39. The summed E-state index contributed by atoms with van der Waals surface area (Å²) in [5, 5.41) is 6.98. The van der Waals surface area contributed by atoms with Crippen LogP contribution in [-0.4, -0.2) is 14.8 Å². The summed E-state index contributed by atoms with van der Waals surface area (Å²) in [5.41, 5.74) is 1.36. The summed E-state index contributed by atoms with van der Waals surface area (Å²) >= 11 is 0. The van der Waals surface area contributed by atoms with Gasteiger partial charge in [0.05, 0.1) is 0 Å². The maximum absolute atomic E-state index is 14.2. The van der Waals surface area contributed by atoms with Gasteiger partial charge < -0.3 is 5.32 Å². The van der Waals surface area contributed by atoms with Crippen LogP contribution in [0.5, 0.6) is 0 Å². The van der Waals surface area contributed by atoms with Crippen molar-refractivity contribution >= 4 is 0 Å². The molecule has 0 saturated carbocycles.